The number of ether oxygens (including phenoxy) is 1. The smallest absolute Gasteiger partial charge is 0.397 e. The van der Waals surface area contributed by atoms with Crippen molar-refractivity contribution in [1.29, 1.82) is 0 Å². The van der Waals surface area contributed by atoms with Crippen LogP contribution in [0.5, 0.6) is 0 Å². The van der Waals surface area contributed by atoms with Crippen LogP contribution in [0.4, 0.5) is 0 Å². The number of aliphatic hydroxyl groups excluding tert-OH is 1. The van der Waals surface area contributed by atoms with Crippen LogP contribution in [0, 0.1) is 34.5 Å². The Kier molecular flexibility index (Phi) is 5.16. The summed E-state index contributed by atoms with van der Waals surface area (Å²) >= 11 is 0. The highest BCUT2D eigenvalue weighted by atomic mass is 32.3. The summed E-state index contributed by atoms with van der Waals surface area (Å²) < 4.78 is 41.6. The van der Waals surface area contributed by atoms with Crippen molar-refractivity contribution in [2.45, 2.75) is 83.0 Å². The van der Waals surface area contributed by atoms with Crippen LogP contribution in [0.15, 0.2) is 11.6 Å². The van der Waals surface area contributed by atoms with Crippen LogP contribution < -0.4 is 0 Å². The molecule has 0 unspecified atom stereocenters. The van der Waals surface area contributed by atoms with E-state index in [4.69, 9.17) is 13.5 Å². The zero-order valence-electron chi connectivity index (χ0n) is 18.7. The van der Waals surface area contributed by atoms with Gasteiger partial charge in [0.2, 0.25) is 0 Å². The molecule has 0 aromatic heterocycles. The summed E-state index contributed by atoms with van der Waals surface area (Å²) in [5, 5.41) is 23.7. The number of aliphatic hydroxyl groups is 2. The third-order valence-electron chi connectivity index (χ3n) is 10.1. The molecule has 3 N–H and O–H groups in total. The molecule has 4 saturated carbocycles. The Morgan fingerprint density at radius 2 is 1.91 bits per heavy atom. The number of esters is 1. The fourth-order valence-electron chi connectivity index (χ4n) is 8.73. The van der Waals surface area contributed by atoms with Crippen LogP contribution >= 0.6 is 0 Å². The van der Waals surface area contributed by atoms with E-state index in [1.807, 2.05) is 0 Å². The summed E-state index contributed by atoms with van der Waals surface area (Å²) in [6.45, 7) is 4.51. The minimum absolute atomic E-state index is 0.0129. The molecule has 0 aromatic rings. The first-order valence-corrected chi connectivity index (χ1v) is 13.2. The van der Waals surface area contributed by atoms with Gasteiger partial charge in [-0.2, -0.15) is 8.42 Å². The van der Waals surface area contributed by atoms with Crippen LogP contribution in [0.3, 0.4) is 0 Å². The molecule has 8 nitrogen and oxygen atoms in total. The van der Waals surface area contributed by atoms with E-state index in [1.165, 1.54) is 0 Å². The number of cyclic esters (lactones) is 1. The monoisotopic (exact) mass is 470 g/mol. The van der Waals surface area contributed by atoms with Gasteiger partial charge in [0, 0.05) is 11.5 Å². The first-order chi connectivity index (χ1) is 14.9. The number of hydrogen-bond donors (Lipinski definition) is 3. The van der Waals surface area contributed by atoms with Gasteiger partial charge in [0.05, 0.1) is 17.8 Å². The second-order valence-electron chi connectivity index (χ2n) is 11.4. The lowest BCUT2D eigenvalue weighted by Crippen LogP contribution is -2.66. The molecule has 0 bridgehead atoms. The summed E-state index contributed by atoms with van der Waals surface area (Å²) in [6, 6.07) is 0. The number of rotatable bonds is 3. The minimum atomic E-state index is -4.49. The zero-order valence-corrected chi connectivity index (χ0v) is 19.5. The predicted octanol–water partition coefficient (Wildman–Crippen LogP) is 2.40. The van der Waals surface area contributed by atoms with Gasteiger partial charge in [-0.15, -0.1) is 0 Å². The number of carbonyl (C=O) groups is 1. The van der Waals surface area contributed by atoms with Crippen molar-refractivity contribution in [1.82, 2.24) is 0 Å². The molecular weight excluding hydrogens is 436 g/mol. The first kappa shape index (κ1) is 22.8. The van der Waals surface area contributed by atoms with Crippen LogP contribution in [-0.4, -0.2) is 53.6 Å². The Labute approximate surface area is 189 Å². The van der Waals surface area contributed by atoms with Crippen molar-refractivity contribution in [3.63, 3.8) is 0 Å². The lowest BCUT2D eigenvalue weighted by atomic mass is 9.42. The topological polar surface area (TPSA) is 130 Å². The summed E-state index contributed by atoms with van der Waals surface area (Å²) in [6.07, 6.45) is 5.59. The average molecular weight is 471 g/mol. The molecule has 32 heavy (non-hydrogen) atoms. The number of hydrogen-bond acceptors (Lipinski definition) is 7. The molecule has 5 rings (SSSR count). The maximum Gasteiger partial charge on any atom is 0.397 e. The third kappa shape index (κ3) is 3.22. The summed E-state index contributed by atoms with van der Waals surface area (Å²) in [4.78, 5) is 11.7. The molecule has 9 heteroatoms. The van der Waals surface area contributed by atoms with Gasteiger partial charge in [0.25, 0.3) is 0 Å². The third-order valence-corrected chi connectivity index (χ3v) is 10.6. The Morgan fingerprint density at radius 3 is 2.56 bits per heavy atom. The minimum Gasteiger partial charge on any atom is -0.458 e. The molecule has 0 saturated heterocycles. The molecule has 1 aliphatic heterocycles. The Balaban J connectivity index is 1.43. The van der Waals surface area contributed by atoms with Gasteiger partial charge in [-0.3, -0.25) is 4.55 Å². The predicted molar refractivity (Wildman–Crippen MR) is 114 cm³/mol. The fourth-order valence-corrected chi connectivity index (χ4v) is 9.25. The van der Waals surface area contributed by atoms with Crippen molar-refractivity contribution in [2.24, 2.45) is 34.5 Å². The molecule has 180 valence electrons. The highest BCUT2D eigenvalue weighted by molar-refractivity contribution is 7.80. The van der Waals surface area contributed by atoms with E-state index < -0.39 is 33.6 Å². The lowest BCUT2D eigenvalue weighted by molar-refractivity contribution is -0.241. The average Bonchev–Trinajstić information content (AvgIpc) is 3.21. The Hall–Kier alpha value is -1.00. The number of carbonyl (C=O) groups excluding carboxylic acids is 1. The fraction of sp³-hybridized carbons (Fsp3) is 0.870. The Morgan fingerprint density at radius 1 is 1.16 bits per heavy atom. The van der Waals surface area contributed by atoms with E-state index in [-0.39, 0.29) is 41.7 Å². The van der Waals surface area contributed by atoms with E-state index in [1.54, 1.807) is 6.08 Å². The van der Waals surface area contributed by atoms with Gasteiger partial charge >= 0.3 is 16.4 Å². The van der Waals surface area contributed by atoms with Gasteiger partial charge in [-0.1, -0.05) is 13.8 Å². The second kappa shape index (κ2) is 7.25. The van der Waals surface area contributed by atoms with Gasteiger partial charge < -0.3 is 14.9 Å². The largest absolute Gasteiger partial charge is 0.458 e. The summed E-state index contributed by atoms with van der Waals surface area (Å²) in [5.41, 5.74) is -0.754. The second-order valence-corrected chi connectivity index (χ2v) is 12.4. The van der Waals surface area contributed by atoms with Crippen molar-refractivity contribution in [3.05, 3.63) is 11.6 Å². The molecule has 0 radical (unpaired) electrons. The molecule has 4 aliphatic carbocycles. The SMILES string of the molecule is C[C@]12CC[C@H](OS(=O)(=O)O)C[C@H]1CC[C@H]1[C@@H]2[C@H](O)C[C@]2(C)[C@@H](C3=CC(=O)OC3)CC[C@]12O. The van der Waals surface area contributed by atoms with Gasteiger partial charge in [-0.25, -0.2) is 8.98 Å². The summed E-state index contributed by atoms with van der Waals surface area (Å²) in [7, 11) is -4.49. The van der Waals surface area contributed by atoms with Gasteiger partial charge in [0.15, 0.2) is 0 Å². The van der Waals surface area contributed by atoms with Crippen LogP contribution in [0.1, 0.15) is 65.2 Å². The van der Waals surface area contributed by atoms with E-state index in [0.29, 0.717) is 32.1 Å². The lowest BCUT2D eigenvalue weighted by Gasteiger charge is -2.65. The maximum atomic E-state index is 12.2. The quantitative estimate of drug-likeness (QED) is 0.423. The zero-order chi connectivity index (χ0) is 23.1. The van der Waals surface area contributed by atoms with Crippen molar-refractivity contribution in [2.75, 3.05) is 6.61 Å². The van der Waals surface area contributed by atoms with E-state index in [9.17, 15) is 23.4 Å². The van der Waals surface area contributed by atoms with Crippen molar-refractivity contribution < 1.29 is 36.9 Å². The highest BCUT2D eigenvalue weighted by Crippen LogP contribution is 2.70. The highest BCUT2D eigenvalue weighted by Gasteiger charge is 2.70. The molecule has 0 aromatic carbocycles. The van der Waals surface area contributed by atoms with Gasteiger partial charge in [-0.05, 0) is 86.0 Å². The van der Waals surface area contributed by atoms with E-state index in [0.717, 1.165) is 24.8 Å². The molecule has 0 spiro atoms. The van der Waals surface area contributed by atoms with E-state index in [2.05, 4.69) is 13.8 Å². The van der Waals surface area contributed by atoms with Crippen LogP contribution in [0.2, 0.25) is 0 Å². The molecule has 0 amide bonds. The standard InChI is InChI=1S/C23H34O8S/c1-21-7-5-15(31-32(27,28)29)10-14(21)3-4-17-20(21)18(24)11-22(2)16(6-8-23(17,22)26)13-9-19(25)30-12-13/h9,14-18,20,24,26H,3-8,10-12H2,1-2H3,(H,27,28,29)/t14-,15+,16-,17+,18-,20-,21+,22-,23+/m1/s1. The molecule has 5 aliphatic rings. The summed E-state index contributed by atoms with van der Waals surface area (Å²) in [5.74, 6) is -0.294. The maximum absolute atomic E-state index is 12.2. The Bertz CT molecular complexity index is 946. The van der Waals surface area contributed by atoms with E-state index >= 15 is 0 Å². The molecular formula is C23H34O8S. The number of fused-ring (bicyclic) bond motifs is 5. The molecule has 4 fully saturated rings. The van der Waals surface area contributed by atoms with Crippen LogP contribution in [0.25, 0.3) is 0 Å². The normalized spacial score (nSPS) is 50.8. The molecule has 9 atom stereocenters. The van der Waals surface area contributed by atoms with Crippen molar-refractivity contribution >= 4 is 16.4 Å². The first-order valence-electron chi connectivity index (χ1n) is 11.8. The molecule has 1 heterocycles. The van der Waals surface area contributed by atoms with Crippen molar-refractivity contribution in [3.8, 4) is 0 Å². The van der Waals surface area contributed by atoms with Gasteiger partial charge in [0.1, 0.15) is 6.61 Å². The van der Waals surface area contributed by atoms with Crippen LogP contribution in [-0.2, 0) is 24.1 Å².